The standard InChI is InChI=1S/C18H34O/c1-17(19)18-15-13-11-9-7-5-3-2-4-6-8-10-12-14-16-18/h18H,2-16H2,1H3. The van der Waals surface area contributed by atoms with Crippen LogP contribution >= 0.6 is 0 Å². The van der Waals surface area contributed by atoms with Crippen LogP contribution < -0.4 is 0 Å². The Bertz CT molecular complexity index is 206. The van der Waals surface area contributed by atoms with Crippen LogP contribution in [0.1, 0.15) is 103 Å². The molecule has 1 heteroatoms. The zero-order valence-electron chi connectivity index (χ0n) is 13.1. The normalized spacial score (nSPS) is 23.0. The zero-order chi connectivity index (χ0) is 13.8. The van der Waals surface area contributed by atoms with Crippen molar-refractivity contribution >= 4 is 5.78 Å². The molecule has 0 aromatic heterocycles. The van der Waals surface area contributed by atoms with Crippen LogP contribution in [0.25, 0.3) is 0 Å². The molecule has 0 spiro atoms. The van der Waals surface area contributed by atoms with Crippen LogP contribution in [0.2, 0.25) is 0 Å². The topological polar surface area (TPSA) is 17.1 Å². The molecule has 1 aliphatic rings. The molecule has 0 heterocycles. The SMILES string of the molecule is CC(=O)C1CCCCCCCCCCCCCCC1. The average molecular weight is 266 g/mol. The highest BCUT2D eigenvalue weighted by Gasteiger charge is 2.13. The highest BCUT2D eigenvalue weighted by molar-refractivity contribution is 5.78. The zero-order valence-corrected chi connectivity index (χ0v) is 13.1. The van der Waals surface area contributed by atoms with Crippen LogP contribution in [0.5, 0.6) is 0 Å². The third kappa shape index (κ3) is 9.24. The molecule has 1 aliphatic carbocycles. The van der Waals surface area contributed by atoms with Crippen LogP contribution in [-0.2, 0) is 4.79 Å². The van der Waals surface area contributed by atoms with Crippen LogP contribution in [0.4, 0.5) is 0 Å². The highest BCUT2D eigenvalue weighted by Crippen LogP contribution is 2.21. The fraction of sp³-hybridized carbons (Fsp3) is 0.944. The first-order valence-electron chi connectivity index (χ1n) is 8.81. The number of hydrogen-bond acceptors (Lipinski definition) is 1. The molecule has 0 aliphatic heterocycles. The summed E-state index contributed by atoms with van der Waals surface area (Å²) in [5.74, 6) is 0.800. The fourth-order valence-electron chi connectivity index (χ4n) is 3.28. The second-order valence-corrected chi connectivity index (χ2v) is 6.48. The molecule has 0 unspecified atom stereocenters. The fourth-order valence-corrected chi connectivity index (χ4v) is 3.28. The lowest BCUT2D eigenvalue weighted by Gasteiger charge is -2.14. The van der Waals surface area contributed by atoms with E-state index in [0.29, 0.717) is 11.7 Å². The van der Waals surface area contributed by atoms with Crippen LogP contribution in [0.3, 0.4) is 0 Å². The Balaban J connectivity index is 2.25. The highest BCUT2D eigenvalue weighted by atomic mass is 16.1. The molecule has 1 rings (SSSR count). The van der Waals surface area contributed by atoms with Crippen molar-refractivity contribution in [1.29, 1.82) is 0 Å². The van der Waals surface area contributed by atoms with E-state index in [1.54, 1.807) is 6.92 Å². The van der Waals surface area contributed by atoms with E-state index < -0.39 is 0 Å². The monoisotopic (exact) mass is 266 g/mol. The average Bonchev–Trinajstić information content (AvgIpc) is 2.38. The third-order valence-electron chi connectivity index (χ3n) is 4.68. The van der Waals surface area contributed by atoms with Gasteiger partial charge in [0.05, 0.1) is 0 Å². The van der Waals surface area contributed by atoms with E-state index in [9.17, 15) is 4.79 Å². The van der Waals surface area contributed by atoms with Crippen molar-refractivity contribution < 1.29 is 4.79 Å². The van der Waals surface area contributed by atoms with Crippen molar-refractivity contribution in [2.45, 2.75) is 103 Å². The molecule has 19 heavy (non-hydrogen) atoms. The molecule has 0 aromatic rings. The van der Waals surface area contributed by atoms with Crippen molar-refractivity contribution in [3.8, 4) is 0 Å². The van der Waals surface area contributed by atoms with E-state index in [4.69, 9.17) is 0 Å². The first-order valence-corrected chi connectivity index (χ1v) is 8.81. The molecule has 0 bridgehead atoms. The number of hydrogen-bond donors (Lipinski definition) is 0. The van der Waals surface area contributed by atoms with Gasteiger partial charge in [-0.25, -0.2) is 0 Å². The molecule has 0 aromatic carbocycles. The lowest BCUT2D eigenvalue weighted by Crippen LogP contribution is -2.11. The van der Waals surface area contributed by atoms with Gasteiger partial charge in [-0.15, -0.1) is 0 Å². The molecule has 1 fully saturated rings. The van der Waals surface area contributed by atoms with Crippen molar-refractivity contribution in [1.82, 2.24) is 0 Å². The second-order valence-electron chi connectivity index (χ2n) is 6.48. The number of carbonyl (C=O) groups excluding carboxylic acids is 1. The predicted molar refractivity (Wildman–Crippen MR) is 83.4 cm³/mol. The predicted octanol–water partition coefficient (Wildman–Crippen LogP) is 6.06. The maximum atomic E-state index is 11.6. The third-order valence-corrected chi connectivity index (χ3v) is 4.68. The molecule has 0 radical (unpaired) electrons. The van der Waals surface area contributed by atoms with Gasteiger partial charge in [-0.3, -0.25) is 4.79 Å². The summed E-state index contributed by atoms with van der Waals surface area (Å²) in [6, 6.07) is 0. The number of rotatable bonds is 1. The van der Waals surface area contributed by atoms with Gasteiger partial charge in [0.15, 0.2) is 0 Å². The minimum absolute atomic E-state index is 0.368. The Hall–Kier alpha value is -0.330. The summed E-state index contributed by atoms with van der Waals surface area (Å²) in [5.41, 5.74) is 0. The van der Waals surface area contributed by atoms with E-state index >= 15 is 0 Å². The molecule has 1 saturated carbocycles. The summed E-state index contributed by atoms with van der Waals surface area (Å²) in [6.07, 6.45) is 20.3. The van der Waals surface area contributed by atoms with Gasteiger partial charge in [-0.1, -0.05) is 83.5 Å². The molecule has 112 valence electrons. The van der Waals surface area contributed by atoms with Crippen molar-refractivity contribution in [2.75, 3.05) is 0 Å². The smallest absolute Gasteiger partial charge is 0.132 e. The summed E-state index contributed by atoms with van der Waals surface area (Å²) < 4.78 is 0. The van der Waals surface area contributed by atoms with Crippen molar-refractivity contribution in [2.24, 2.45) is 5.92 Å². The number of Topliss-reactive ketones (excluding diaryl/α,β-unsaturated/α-hetero) is 1. The maximum Gasteiger partial charge on any atom is 0.132 e. The maximum absolute atomic E-state index is 11.6. The quantitative estimate of drug-likeness (QED) is 0.564. The molecule has 0 atom stereocenters. The Morgan fingerprint density at radius 3 is 1.11 bits per heavy atom. The van der Waals surface area contributed by atoms with Gasteiger partial charge in [0, 0.05) is 5.92 Å². The molecule has 0 N–H and O–H groups in total. The lowest BCUT2D eigenvalue weighted by atomic mass is 9.91. The summed E-state index contributed by atoms with van der Waals surface area (Å²) in [6.45, 7) is 1.79. The summed E-state index contributed by atoms with van der Waals surface area (Å²) in [5, 5.41) is 0. The van der Waals surface area contributed by atoms with Crippen molar-refractivity contribution in [3.63, 3.8) is 0 Å². The Labute approximate surface area is 120 Å². The summed E-state index contributed by atoms with van der Waals surface area (Å²) in [4.78, 5) is 11.6. The molecule has 1 nitrogen and oxygen atoms in total. The minimum atomic E-state index is 0.368. The van der Waals surface area contributed by atoms with Gasteiger partial charge in [0.1, 0.15) is 5.78 Å². The van der Waals surface area contributed by atoms with Crippen LogP contribution in [0, 0.1) is 5.92 Å². The van der Waals surface area contributed by atoms with Gasteiger partial charge < -0.3 is 0 Å². The van der Waals surface area contributed by atoms with Crippen LogP contribution in [-0.4, -0.2) is 5.78 Å². The molecule has 0 amide bonds. The van der Waals surface area contributed by atoms with E-state index in [-0.39, 0.29) is 0 Å². The minimum Gasteiger partial charge on any atom is -0.300 e. The molecule has 0 saturated heterocycles. The Kier molecular flexibility index (Phi) is 10.1. The van der Waals surface area contributed by atoms with Gasteiger partial charge in [-0.05, 0) is 19.8 Å². The first-order chi connectivity index (χ1) is 9.30. The van der Waals surface area contributed by atoms with Crippen LogP contribution in [0.15, 0.2) is 0 Å². The number of ketones is 1. The number of carbonyl (C=O) groups is 1. The van der Waals surface area contributed by atoms with Gasteiger partial charge in [-0.2, -0.15) is 0 Å². The lowest BCUT2D eigenvalue weighted by molar-refractivity contribution is -0.121. The van der Waals surface area contributed by atoms with E-state index in [1.807, 2.05) is 0 Å². The van der Waals surface area contributed by atoms with Gasteiger partial charge in [0.25, 0.3) is 0 Å². The van der Waals surface area contributed by atoms with Crippen molar-refractivity contribution in [3.05, 3.63) is 0 Å². The van der Waals surface area contributed by atoms with Gasteiger partial charge in [0.2, 0.25) is 0 Å². The molecular formula is C18H34O. The first kappa shape index (κ1) is 16.7. The Morgan fingerprint density at radius 1 is 0.579 bits per heavy atom. The summed E-state index contributed by atoms with van der Waals surface area (Å²) >= 11 is 0. The van der Waals surface area contributed by atoms with E-state index in [1.165, 1.54) is 83.5 Å². The van der Waals surface area contributed by atoms with Gasteiger partial charge >= 0.3 is 0 Å². The Morgan fingerprint density at radius 2 is 0.842 bits per heavy atom. The molecular weight excluding hydrogens is 232 g/mol. The van der Waals surface area contributed by atoms with E-state index in [0.717, 1.165) is 12.8 Å². The second kappa shape index (κ2) is 11.5. The van der Waals surface area contributed by atoms with E-state index in [2.05, 4.69) is 0 Å². The largest absolute Gasteiger partial charge is 0.300 e. The summed E-state index contributed by atoms with van der Waals surface area (Å²) in [7, 11) is 0.